The molecule has 2 unspecified atom stereocenters. The Morgan fingerprint density at radius 2 is 1.31 bits per heavy atom. The lowest BCUT2D eigenvalue weighted by molar-refractivity contribution is -0.156. The van der Waals surface area contributed by atoms with Gasteiger partial charge in [-0.1, -0.05) is 69.2 Å². The van der Waals surface area contributed by atoms with Crippen molar-refractivity contribution in [3.05, 3.63) is 0 Å². The van der Waals surface area contributed by atoms with Gasteiger partial charge in [0.25, 0.3) is 0 Å². The van der Waals surface area contributed by atoms with Crippen molar-refractivity contribution in [1.82, 2.24) is 9.80 Å². The molecule has 4 heteroatoms. The second-order valence-electron chi connectivity index (χ2n) is 14.4. The van der Waals surface area contributed by atoms with Crippen molar-refractivity contribution < 1.29 is 9.53 Å². The Kier molecular flexibility index (Phi) is 10.7. The zero-order chi connectivity index (χ0) is 27.6. The lowest BCUT2D eigenvalue weighted by atomic mass is 9.49. The van der Waals surface area contributed by atoms with Gasteiger partial charge in [-0.25, -0.2) is 0 Å². The Morgan fingerprint density at radius 1 is 0.829 bits per heavy atom. The summed E-state index contributed by atoms with van der Waals surface area (Å²) >= 11 is 0. The molecule has 0 aromatic heterocycles. The first-order chi connectivity index (χ1) is 15.7. The number of ether oxygens (including phenoxy) is 1. The molecule has 0 spiro atoms. The molecule has 1 rings (SSSR count). The summed E-state index contributed by atoms with van der Waals surface area (Å²) in [6.45, 7) is 38.6. The summed E-state index contributed by atoms with van der Waals surface area (Å²) in [5.74, 6) is 0.934. The number of carbonyl (C=O) groups is 1. The van der Waals surface area contributed by atoms with E-state index in [0.29, 0.717) is 17.7 Å². The molecule has 1 saturated heterocycles. The predicted octanol–water partition coefficient (Wildman–Crippen LogP) is 7.31. The minimum atomic E-state index is -0.481. The molecule has 0 amide bonds. The normalized spacial score (nSPS) is 20.4. The number of Topliss-reactive ketones (excluding diaryl/α,β-unsaturated/α-hetero) is 1. The number of ketones is 1. The van der Waals surface area contributed by atoms with Crippen LogP contribution in [0.3, 0.4) is 0 Å². The summed E-state index contributed by atoms with van der Waals surface area (Å²) in [6.07, 6.45) is 2.10. The lowest BCUT2D eigenvalue weighted by Gasteiger charge is -2.56. The highest BCUT2D eigenvalue weighted by molar-refractivity contribution is 5.93. The van der Waals surface area contributed by atoms with Gasteiger partial charge in [-0.2, -0.15) is 0 Å². The Hall–Kier alpha value is -0.450. The second kappa shape index (κ2) is 11.5. The lowest BCUT2D eigenvalue weighted by Crippen LogP contribution is -2.64. The summed E-state index contributed by atoms with van der Waals surface area (Å²) < 4.78 is 6.41. The first-order valence-electron chi connectivity index (χ1n) is 14.4. The van der Waals surface area contributed by atoms with Crippen LogP contribution in [0, 0.1) is 27.6 Å². The maximum atomic E-state index is 14.4. The fourth-order valence-electron chi connectivity index (χ4n) is 6.17. The molecule has 208 valence electrons. The van der Waals surface area contributed by atoms with Gasteiger partial charge in [-0.05, 0) is 69.6 Å². The maximum absolute atomic E-state index is 14.4. The van der Waals surface area contributed by atoms with Gasteiger partial charge in [0.05, 0.1) is 11.6 Å². The van der Waals surface area contributed by atoms with Crippen LogP contribution < -0.4 is 0 Å². The largest absolute Gasteiger partial charge is 0.378 e. The van der Waals surface area contributed by atoms with Crippen LogP contribution in [0.15, 0.2) is 0 Å². The minimum absolute atomic E-state index is 0.0466. The Balaban J connectivity index is 3.05. The summed E-state index contributed by atoms with van der Waals surface area (Å²) in [4.78, 5) is 19.3. The topological polar surface area (TPSA) is 32.8 Å². The SMILES string of the molecule is CCC(C)(C(C)(C)CCOC(C)C(C)(C)C(C)C)C(C)(C)C(=O)C(C)(C)N1CCN(C(C)C)CC1. The fraction of sp³-hybridized carbons (Fsp3) is 0.968. The third-order valence-corrected chi connectivity index (χ3v) is 11.2. The molecule has 1 fully saturated rings. The van der Waals surface area contributed by atoms with E-state index in [1.165, 1.54) is 0 Å². The van der Waals surface area contributed by atoms with Crippen molar-refractivity contribution in [2.45, 2.75) is 134 Å². The fourth-order valence-corrected chi connectivity index (χ4v) is 6.17. The zero-order valence-corrected chi connectivity index (χ0v) is 26.4. The van der Waals surface area contributed by atoms with Gasteiger partial charge in [-0.3, -0.25) is 14.6 Å². The van der Waals surface area contributed by atoms with Gasteiger partial charge in [0, 0.05) is 44.2 Å². The van der Waals surface area contributed by atoms with E-state index in [0.717, 1.165) is 45.6 Å². The first-order valence-corrected chi connectivity index (χ1v) is 14.4. The van der Waals surface area contributed by atoms with E-state index in [9.17, 15) is 4.79 Å². The van der Waals surface area contributed by atoms with Crippen molar-refractivity contribution in [3.63, 3.8) is 0 Å². The van der Waals surface area contributed by atoms with Crippen LogP contribution in [-0.4, -0.2) is 66.1 Å². The average Bonchev–Trinajstić information content (AvgIpc) is 2.77. The van der Waals surface area contributed by atoms with Crippen LogP contribution in [0.25, 0.3) is 0 Å². The zero-order valence-electron chi connectivity index (χ0n) is 26.4. The number of rotatable bonds is 13. The standard InChI is InChI=1S/C31H62N2O2/c1-16-31(15,27(7,8)17-22-35-25(6)28(9,10)23(2)3)29(11,12)26(34)30(13,14)33-20-18-32(19-21-33)24(4)5/h23-25H,16-22H2,1-15H3. The second-order valence-corrected chi connectivity index (χ2v) is 14.4. The third kappa shape index (κ3) is 6.52. The molecule has 0 saturated carbocycles. The van der Waals surface area contributed by atoms with Gasteiger partial charge in [0.2, 0.25) is 0 Å². The quantitative estimate of drug-likeness (QED) is 0.269. The van der Waals surface area contributed by atoms with E-state index in [1.807, 2.05) is 0 Å². The third-order valence-electron chi connectivity index (χ3n) is 11.2. The van der Waals surface area contributed by atoms with Crippen LogP contribution >= 0.6 is 0 Å². The molecular weight excluding hydrogens is 432 g/mol. The van der Waals surface area contributed by atoms with Gasteiger partial charge in [0.1, 0.15) is 0 Å². The van der Waals surface area contributed by atoms with Gasteiger partial charge in [0.15, 0.2) is 5.78 Å². The summed E-state index contributed by atoms with van der Waals surface area (Å²) in [5.41, 5.74) is -1.02. The maximum Gasteiger partial charge on any atom is 0.158 e. The molecule has 1 aliphatic rings. The first kappa shape index (κ1) is 32.6. The van der Waals surface area contributed by atoms with Crippen molar-refractivity contribution in [2.24, 2.45) is 27.6 Å². The summed E-state index contributed by atoms with van der Waals surface area (Å²) in [6, 6.07) is 0.563. The molecule has 0 aromatic rings. The van der Waals surface area contributed by atoms with E-state index >= 15 is 0 Å². The molecule has 4 nitrogen and oxygen atoms in total. The molecule has 0 bridgehead atoms. The monoisotopic (exact) mass is 494 g/mol. The van der Waals surface area contributed by atoms with Crippen LogP contribution in [0.2, 0.25) is 0 Å². The summed E-state index contributed by atoms with van der Waals surface area (Å²) in [7, 11) is 0. The van der Waals surface area contributed by atoms with E-state index in [4.69, 9.17) is 4.74 Å². The molecule has 0 aromatic carbocycles. The van der Waals surface area contributed by atoms with Crippen LogP contribution in [0.5, 0.6) is 0 Å². The van der Waals surface area contributed by atoms with Gasteiger partial charge < -0.3 is 4.74 Å². The molecule has 1 heterocycles. The van der Waals surface area contributed by atoms with E-state index in [2.05, 4.69) is 114 Å². The van der Waals surface area contributed by atoms with Crippen molar-refractivity contribution in [1.29, 1.82) is 0 Å². The molecule has 0 radical (unpaired) electrons. The highest BCUT2D eigenvalue weighted by Crippen LogP contribution is 2.57. The van der Waals surface area contributed by atoms with Crippen LogP contribution in [0.1, 0.15) is 117 Å². The van der Waals surface area contributed by atoms with Crippen LogP contribution in [0.4, 0.5) is 0 Å². The number of nitrogens with zero attached hydrogens (tertiary/aromatic N) is 2. The Morgan fingerprint density at radius 3 is 1.71 bits per heavy atom. The van der Waals surface area contributed by atoms with E-state index < -0.39 is 11.0 Å². The number of hydrogen-bond donors (Lipinski definition) is 0. The van der Waals surface area contributed by atoms with Gasteiger partial charge in [-0.15, -0.1) is 0 Å². The smallest absolute Gasteiger partial charge is 0.158 e. The Bertz CT molecular complexity index is 684. The predicted molar refractivity (Wildman–Crippen MR) is 152 cm³/mol. The number of carbonyl (C=O) groups excluding carboxylic acids is 1. The highest BCUT2D eigenvalue weighted by atomic mass is 16.5. The highest BCUT2D eigenvalue weighted by Gasteiger charge is 2.57. The average molecular weight is 495 g/mol. The number of piperazine rings is 1. The molecule has 0 N–H and O–H groups in total. The van der Waals surface area contributed by atoms with E-state index in [-0.39, 0.29) is 22.3 Å². The molecule has 35 heavy (non-hydrogen) atoms. The van der Waals surface area contributed by atoms with Crippen molar-refractivity contribution in [2.75, 3.05) is 32.8 Å². The molecule has 2 atom stereocenters. The molecule has 1 aliphatic heterocycles. The van der Waals surface area contributed by atoms with Gasteiger partial charge >= 0.3 is 0 Å². The summed E-state index contributed by atoms with van der Waals surface area (Å²) in [5, 5.41) is 0. The van der Waals surface area contributed by atoms with Crippen molar-refractivity contribution in [3.8, 4) is 0 Å². The van der Waals surface area contributed by atoms with Crippen LogP contribution in [-0.2, 0) is 9.53 Å². The van der Waals surface area contributed by atoms with E-state index in [1.54, 1.807) is 0 Å². The minimum Gasteiger partial charge on any atom is -0.378 e. The molecular formula is C31H62N2O2. The van der Waals surface area contributed by atoms with Crippen molar-refractivity contribution >= 4 is 5.78 Å². The Labute approximate surface area is 219 Å². The number of hydrogen-bond acceptors (Lipinski definition) is 4. The molecule has 0 aliphatic carbocycles.